The van der Waals surface area contributed by atoms with E-state index in [2.05, 4.69) is 20.3 Å². The van der Waals surface area contributed by atoms with Gasteiger partial charge in [-0.05, 0) is 17.7 Å². The topological polar surface area (TPSA) is 92.2 Å². The molecule has 0 bridgehead atoms. The summed E-state index contributed by atoms with van der Waals surface area (Å²) in [6, 6.07) is 4.94. The maximum atomic E-state index is 12.3. The Morgan fingerprint density at radius 3 is 2.65 bits per heavy atom. The van der Waals surface area contributed by atoms with Crippen molar-refractivity contribution in [2.75, 3.05) is 13.1 Å². The molecule has 1 aromatic heterocycles. The second-order valence-corrected chi connectivity index (χ2v) is 5.68. The summed E-state index contributed by atoms with van der Waals surface area (Å²) in [4.78, 5) is 25.4. The molecule has 2 amide bonds. The van der Waals surface area contributed by atoms with E-state index in [0.717, 1.165) is 0 Å². The number of urea groups is 1. The molecule has 0 saturated heterocycles. The molecule has 1 aromatic carbocycles. The van der Waals surface area contributed by atoms with Crippen LogP contribution in [0.1, 0.15) is 11.4 Å². The number of amides is 2. The van der Waals surface area contributed by atoms with Crippen molar-refractivity contribution in [1.29, 1.82) is 0 Å². The van der Waals surface area contributed by atoms with E-state index >= 15 is 0 Å². The summed E-state index contributed by atoms with van der Waals surface area (Å²) in [6.45, 7) is 1.28. The van der Waals surface area contributed by atoms with Gasteiger partial charge in [-0.25, -0.2) is 14.7 Å². The first-order valence-corrected chi connectivity index (χ1v) is 7.83. The van der Waals surface area contributed by atoms with Gasteiger partial charge in [0.15, 0.2) is 0 Å². The fourth-order valence-corrected chi connectivity index (χ4v) is 2.64. The number of hydrogen-bond acceptors (Lipinski definition) is 4. The van der Waals surface area contributed by atoms with E-state index in [4.69, 9.17) is 0 Å². The molecule has 0 radical (unpaired) electrons. The minimum atomic E-state index is -4.74. The standard InChI is InChI=1S/C15H16F3N5O3/c16-15(17,18)26-11-3-1-10(2-4-11)9-19-13(24)22-6-5-12-20-21-14(25)23(12)8-7-22/h1-4H,5-9H2,(H,19,24)(H,21,25). The minimum absolute atomic E-state index is 0.160. The van der Waals surface area contributed by atoms with E-state index in [0.29, 0.717) is 37.4 Å². The predicted molar refractivity (Wildman–Crippen MR) is 83.5 cm³/mol. The number of hydrogen-bond donors (Lipinski definition) is 2. The van der Waals surface area contributed by atoms with Crippen LogP contribution in [0.2, 0.25) is 0 Å². The van der Waals surface area contributed by atoms with Crippen LogP contribution in [0.15, 0.2) is 29.1 Å². The molecule has 0 spiro atoms. The molecular weight excluding hydrogens is 355 g/mol. The highest BCUT2D eigenvalue weighted by Crippen LogP contribution is 2.22. The van der Waals surface area contributed by atoms with Gasteiger partial charge in [-0.15, -0.1) is 13.2 Å². The van der Waals surface area contributed by atoms with Crippen molar-refractivity contribution in [2.45, 2.75) is 25.9 Å². The highest BCUT2D eigenvalue weighted by atomic mass is 19.4. The molecule has 0 unspecified atom stereocenters. The zero-order valence-corrected chi connectivity index (χ0v) is 13.5. The van der Waals surface area contributed by atoms with Crippen LogP contribution >= 0.6 is 0 Å². The lowest BCUT2D eigenvalue weighted by Gasteiger charge is -2.20. The Morgan fingerprint density at radius 1 is 1.23 bits per heavy atom. The fraction of sp³-hybridized carbons (Fsp3) is 0.400. The van der Waals surface area contributed by atoms with Crippen LogP contribution in [0.5, 0.6) is 5.75 Å². The molecule has 11 heteroatoms. The lowest BCUT2D eigenvalue weighted by molar-refractivity contribution is -0.274. The molecule has 2 heterocycles. The Morgan fingerprint density at radius 2 is 1.96 bits per heavy atom. The molecule has 26 heavy (non-hydrogen) atoms. The molecule has 140 valence electrons. The zero-order valence-electron chi connectivity index (χ0n) is 13.5. The molecule has 1 aliphatic rings. The van der Waals surface area contributed by atoms with Crippen LogP contribution in [0.3, 0.4) is 0 Å². The van der Waals surface area contributed by atoms with Crippen molar-refractivity contribution in [2.24, 2.45) is 0 Å². The Labute approximate surface area is 145 Å². The number of rotatable bonds is 3. The van der Waals surface area contributed by atoms with Crippen LogP contribution in [0.4, 0.5) is 18.0 Å². The van der Waals surface area contributed by atoms with Crippen molar-refractivity contribution in [3.8, 4) is 5.75 Å². The molecular formula is C15H16F3N5O3. The quantitative estimate of drug-likeness (QED) is 0.849. The van der Waals surface area contributed by atoms with Gasteiger partial charge in [0, 0.05) is 32.6 Å². The number of benzene rings is 1. The van der Waals surface area contributed by atoms with Gasteiger partial charge in [-0.1, -0.05) is 12.1 Å². The lowest BCUT2D eigenvalue weighted by atomic mass is 10.2. The molecule has 1 aliphatic heterocycles. The summed E-state index contributed by atoms with van der Waals surface area (Å²) in [6.07, 6.45) is -4.28. The molecule has 2 N–H and O–H groups in total. The van der Waals surface area contributed by atoms with Gasteiger partial charge in [0.1, 0.15) is 11.6 Å². The first-order chi connectivity index (χ1) is 12.3. The maximum absolute atomic E-state index is 12.3. The molecule has 0 fully saturated rings. The molecule has 3 rings (SSSR count). The van der Waals surface area contributed by atoms with Gasteiger partial charge in [0.05, 0.1) is 0 Å². The average Bonchev–Trinajstić information content (AvgIpc) is 2.80. The van der Waals surface area contributed by atoms with E-state index in [1.165, 1.54) is 28.8 Å². The Bertz CT molecular complexity index is 828. The number of carbonyl (C=O) groups excluding carboxylic acids is 1. The third kappa shape index (κ3) is 4.35. The van der Waals surface area contributed by atoms with E-state index in [1.807, 2.05) is 0 Å². The molecule has 0 aliphatic carbocycles. The lowest BCUT2D eigenvalue weighted by Crippen LogP contribution is -2.41. The van der Waals surface area contributed by atoms with Crippen LogP contribution in [0.25, 0.3) is 0 Å². The third-order valence-electron chi connectivity index (χ3n) is 3.92. The number of aromatic nitrogens is 3. The van der Waals surface area contributed by atoms with Crippen LogP contribution in [-0.2, 0) is 19.5 Å². The Balaban J connectivity index is 1.52. The zero-order chi connectivity index (χ0) is 18.7. The van der Waals surface area contributed by atoms with Gasteiger partial charge in [-0.3, -0.25) is 4.57 Å². The molecule has 0 atom stereocenters. The number of halogens is 3. The van der Waals surface area contributed by atoms with Crippen molar-refractivity contribution >= 4 is 6.03 Å². The average molecular weight is 371 g/mol. The number of fused-ring (bicyclic) bond motifs is 1. The van der Waals surface area contributed by atoms with Gasteiger partial charge >= 0.3 is 18.1 Å². The van der Waals surface area contributed by atoms with Crippen molar-refractivity contribution in [1.82, 2.24) is 25.0 Å². The van der Waals surface area contributed by atoms with Gasteiger partial charge < -0.3 is 15.0 Å². The number of carbonyl (C=O) groups is 1. The van der Waals surface area contributed by atoms with E-state index in [9.17, 15) is 22.8 Å². The molecule has 8 nitrogen and oxygen atoms in total. The maximum Gasteiger partial charge on any atom is 0.573 e. The van der Waals surface area contributed by atoms with Crippen molar-refractivity contribution in [3.63, 3.8) is 0 Å². The number of nitrogens with one attached hydrogen (secondary N) is 2. The van der Waals surface area contributed by atoms with Gasteiger partial charge in [-0.2, -0.15) is 5.10 Å². The first-order valence-electron chi connectivity index (χ1n) is 7.83. The highest BCUT2D eigenvalue weighted by Gasteiger charge is 2.31. The normalized spacial score (nSPS) is 14.5. The van der Waals surface area contributed by atoms with Crippen molar-refractivity contribution in [3.05, 3.63) is 46.1 Å². The summed E-state index contributed by atoms with van der Waals surface area (Å²) in [5, 5.41) is 8.99. The molecule has 0 saturated carbocycles. The van der Waals surface area contributed by atoms with Crippen LogP contribution in [-0.4, -0.2) is 45.1 Å². The molecule has 2 aromatic rings. The van der Waals surface area contributed by atoms with E-state index < -0.39 is 6.36 Å². The second kappa shape index (κ2) is 7.10. The Kier molecular flexibility index (Phi) is 4.87. The van der Waals surface area contributed by atoms with E-state index in [-0.39, 0.29) is 24.0 Å². The van der Waals surface area contributed by atoms with Gasteiger partial charge in [0.2, 0.25) is 0 Å². The summed E-state index contributed by atoms with van der Waals surface area (Å²) in [5.74, 6) is 0.283. The van der Waals surface area contributed by atoms with Crippen LogP contribution < -0.4 is 15.7 Å². The summed E-state index contributed by atoms with van der Waals surface area (Å²) >= 11 is 0. The first kappa shape index (κ1) is 17.8. The largest absolute Gasteiger partial charge is 0.573 e. The number of H-pyrrole nitrogens is 1. The summed E-state index contributed by atoms with van der Waals surface area (Å²) < 4.78 is 41.7. The van der Waals surface area contributed by atoms with Crippen LogP contribution in [0, 0.1) is 0 Å². The summed E-state index contributed by atoms with van der Waals surface area (Å²) in [5.41, 5.74) is 0.329. The number of alkyl halides is 3. The number of nitrogens with zero attached hydrogens (tertiary/aromatic N) is 3. The summed E-state index contributed by atoms with van der Waals surface area (Å²) in [7, 11) is 0. The smallest absolute Gasteiger partial charge is 0.406 e. The van der Waals surface area contributed by atoms with Gasteiger partial charge in [0.25, 0.3) is 0 Å². The number of ether oxygens (including phenoxy) is 1. The number of aromatic amines is 1. The highest BCUT2D eigenvalue weighted by molar-refractivity contribution is 5.74. The second-order valence-electron chi connectivity index (χ2n) is 5.68. The fourth-order valence-electron chi connectivity index (χ4n) is 2.64. The predicted octanol–water partition coefficient (Wildman–Crippen LogP) is 1.24. The minimum Gasteiger partial charge on any atom is -0.406 e. The third-order valence-corrected chi connectivity index (χ3v) is 3.92. The SMILES string of the molecule is O=C(NCc1ccc(OC(F)(F)F)cc1)N1CCc2n[nH]c(=O)n2CC1. The monoisotopic (exact) mass is 371 g/mol. The Hall–Kier alpha value is -2.98. The van der Waals surface area contributed by atoms with E-state index in [1.54, 1.807) is 4.90 Å². The van der Waals surface area contributed by atoms with Crippen molar-refractivity contribution < 1.29 is 22.7 Å².